The molecule has 1 unspecified atom stereocenters. The number of hydrogen-bond acceptors (Lipinski definition) is 4. The molecule has 0 spiro atoms. The van der Waals surface area contributed by atoms with Crippen molar-refractivity contribution in [3.05, 3.63) is 23.8 Å². The van der Waals surface area contributed by atoms with Crippen LogP contribution in [0, 0.1) is 11.3 Å². The summed E-state index contributed by atoms with van der Waals surface area (Å²) in [5.74, 6) is -0.105. The van der Waals surface area contributed by atoms with E-state index in [0.717, 1.165) is 0 Å². The van der Waals surface area contributed by atoms with Crippen LogP contribution in [0.4, 0.5) is 0 Å². The van der Waals surface area contributed by atoms with Crippen molar-refractivity contribution in [2.75, 3.05) is 0 Å². The number of aromatic hydroxyl groups is 2. The molecule has 0 saturated carbocycles. The van der Waals surface area contributed by atoms with Crippen LogP contribution in [-0.2, 0) is 0 Å². The highest BCUT2D eigenvalue weighted by atomic mass is 16.3. The molecule has 1 aromatic carbocycles. The number of benzene rings is 1. The molecule has 1 rings (SSSR count). The third kappa shape index (κ3) is 2.36. The first-order valence-electron chi connectivity index (χ1n) is 3.79. The Labute approximate surface area is 75.8 Å². The zero-order chi connectivity index (χ0) is 9.84. The average molecular weight is 178 g/mol. The van der Waals surface area contributed by atoms with Gasteiger partial charge in [-0.15, -0.1) is 0 Å². The molecule has 0 aromatic heterocycles. The monoisotopic (exact) mass is 178 g/mol. The summed E-state index contributed by atoms with van der Waals surface area (Å²) in [4.78, 5) is 0. The SMILES string of the molecule is N#CCC(N)c1cc(O)cc(O)c1. The number of hydrogen-bond donors (Lipinski definition) is 3. The van der Waals surface area contributed by atoms with Gasteiger partial charge in [0, 0.05) is 12.1 Å². The minimum atomic E-state index is -0.469. The highest BCUT2D eigenvalue weighted by molar-refractivity contribution is 5.38. The first-order valence-corrected chi connectivity index (χ1v) is 3.79. The Morgan fingerprint density at radius 3 is 2.31 bits per heavy atom. The molecule has 1 aromatic rings. The van der Waals surface area contributed by atoms with E-state index in [2.05, 4.69) is 0 Å². The maximum Gasteiger partial charge on any atom is 0.119 e. The van der Waals surface area contributed by atoms with Gasteiger partial charge in [0.05, 0.1) is 12.5 Å². The highest BCUT2D eigenvalue weighted by Gasteiger charge is 2.07. The topological polar surface area (TPSA) is 90.3 Å². The molecule has 68 valence electrons. The Balaban J connectivity index is 2.95. The maximum atomic E-state index is 9.11. The predicted molar refractivity (Wildman–Crippen MR) is 46.9 cm³/mol. The second kappa shape index (κ2) is 3.78. The molecule has 0 aliphatic heterocycles. The number of nitriles is 1. The lowest BCUT2D eigenvalue weighted by molar-refractivity contribution is 0.448. The highest BCUT2D eigenvalue weighted by Crippen LogP contribution is 2.24. The number of rotatable bonds is 2. The van der Waals surface area contributed by atoms with Gasteiger partial charge in [-0.25, -0.2) is 0 Å². The normalized spacial score (nSPS) is 12.0. The van der Waals surface area contributed by atoms with E-state index in [9.17, 15) is 0 Å². The molecule has 0 aliphatic carbocycles. The van der Waals surface area contributed by atoms with Crippen LogP contribution in [0.25, 0.3) is 0 Å². The van der Waals surface area contributed by atoms with Crippen molar-refractivity contribution >= 4 is 0 Å². The van der Waals surface area contributed by atoms with Crippen LogP contribution in [0.1, 0.15) is 18.0 Å². The first-order chi connectivity index (χ1) is 6.13. The molecule has 0 fully saturated rings. The van der Waals surface area contributed by atoms with Crippen molar-refractivity contribution in [1.82, 2.24) is 0 Å². The van der Waals surface area contributed by atoms with E-state index in [1.807, 2.05) is 6.07 Å². The second-order valence-corrected chi connectivity index (χ2v) is 2.75. The van der Waals surface area contributed by atoms with Gasteiger partial charge in [-0.3, -0.25) is 0 Å². The zero-order valence-electron chi connectivity index (χ0n) is 6.94. The number of nitrogens with zero attached hydrogens (tertiary/aromatic N) is 1. The van der Waals surface area contributed by atoms with E-state index in [0.29, 0.717) is 5.56 Å². The van der Waals surface area contributed by atoms with Crippen molar-refractivity contribution in [2.24, 2.45) is 5.73 Å². The fourth-order valence-electron chi connectivity index (χ4n) is 1.05. The van der Waals surface area contributed by atoms with E-state index >= 15 is 0 Å². The van der Waals surface area contributed by atoms with Gasteiger partial charge in [0.2, 0.25) is 0 Å². The van der Waals surface area contributed by atoms with Gasteiger partial charge in [-0.1, -0.05) is 0 Å². The van der Waals surface area contributed by atoms with E-state index < -0.39 is 6.04 Å². The average Bonchev–Trinajstić information content (AvgIpc) is 2.03. The summed E-state index contributed by atoms with van der Waals surface area (Å²) in [6.45, 7) is 0. The molecule has 4 nitrogen and oxygen atoms in total. The largest absolute Gasteiger partial charge is 0.508 e. The van der Waals surface area contributed by atoms with Crippen LogP contribution in [0.2, 0.25) is 0 Å². The third-order valence-electron chi connectivity index (χ3n) is 1.66. The van der Waals surface area contributed by atoms with Crippen molar-refractivity contribution < 1.29 is 10.2 Å². The Morgan fingerprint density at radius 2 is 1.85 bits per heavy atom. The molecule has 4 heteroatoms. The zero-order valence-corrected chi connectivity index (χ0v) is 6.94. The molecule has 0 heterocycles. The summed E-state index contributed by atoms with van der Waals surface area (Å²) in [7, 11) is 0. The van der Waals surface area contributed by atoms with Gasteiger partial charge >= 0.3 is 0 Å². The number of nitrogens with two attached hydrogens (primary N) is 1. The van der Waals surface area contributed by atoms with Crippen molar-refractivity contribution in [3.63, 3.8) is 0 Å². The van der Waals surface area contributed by atoms with E-state index in [1.54, 1.807) is 0 Å². The third-order valence-corrected chi connectivity index (χ3v) is 1.66. The molecule has 13 heavy (non-hydrogen) atoms. The minimum Gasteiger partial charge on any atom is -0.508 e. The van der Waals surface area contributed by atoms with Crippen LogP contribution < -0.4 is 5.73 Å². The Morgan fingerprint density at radius 1 is 1.31 bits per heavy atom. The molecule has 0 bridgehead atoms. The Kier molecular flexibility index (Phi) is 2.72. The maximum absolute atomic E-state index is 9.11. The number of phenols is 2. The fourth-order valence-corrected chi connectivity index (χ4v) is 1.05. The van der Waals surface area contributed by atoms with Crippen molar-refractivity contribution in [2.45, 2.75) is 12.5 Å². The van der Waals surface area contributed by atoms with E-state index in [4.69, 9.17) is 21.2 Å². The van der Waals surface area contributed by atoms with Crippen LogP contribution >= 0.6 is 0 Å². The van der Waals surface area contributed by atoms with Gasteiger partial charge in [0.15, 0.2) is 0 Å². The summed E-state index contributed by atoms with van der Waals surface area (Å²) in [6, 6.07) is 5.52. The second-order valence-electron chi connectivity index (χ2n) is 2.75. The summed E-state index contributed by atoms with van der Waals surface area (Å²) in [6.07, 6.45) is 0.156. The first kappa shape index (κ1) is 9.36. The Bertz CT molecular complexity index is 324. The van der Waals surface area contributed by atoms with Crippen LogP contribution in [0.15, 0.2) is 18.2 Å². The fraction of sp³-hybridized carbons (Fsp3) is 0.222. The van der Waals surface area contributed by atoms with Crippen molar-refractivity contribution in [1.29, 1.82) is 5.26 Å². The predicted octanol–water partition coefficient (Wildman–Crippen LogP) is 1.01. The van der Waals surface area contributed by atoms with E-state index in [-0.39, 0.29) is 17.9 Å². The quantitative estimate of drug-likeness (QED) is 0.630. The molecule has 0 aliphatic rings. The van der Waals surface area contributed by atoms with Gasteiger partial charge in [0.1, 0.15) is 11.5 Å². The molecule has 0 radical (unpaired) electrons. The summed E-state index contributed by atoms with van der Waals surface area (Å²) in [5.41, 5.74) is 6.15. The summed E-state index contributed by atoms with van der Waals surface area (Å²) < 4.78 is 0. The minimum absolute atomic E-state index is 0.0524. The Hall–Kier alpha value is -1.73. The van der Waals surface area contributed by atoms with Crippen LogP contribution in [0.3, 0.4) is 0 Å². The smallest absolute Gasteiger partial charge is 0.119 e. The number of phenolic OH excluding ortho intramolecular Hbond substituents is 2. The lowest BCUT2D eigenvalue weighted by atomic mass is 10.0. The van der Waals surface area contributed by atoms with Gasteiger partial charge in [-0.05, 0) is 17.7 Å². The summed E-state index contributed by atoms with van der Waals surface area (Å²) in [5, 5.41) is 26.6. The van der Waals surface area contributed by atoms with E-state index in [1.165, 1.54) is 18.2 Å². The molecule has 4 N–H and O–H groups in total. The van der Waals surface area contributed by atoms with Crippen LogP contribution in [0.5, 0.6) is 11.5 Å². The van der Waals surface area contributed by atoms with Crippen molar-refractivity contribution in [3.8, 4) is 17.6 Å². The van der Waals surface area contributed by atoms with Gasteiger partial charge < -0.3 is 15.9 Å². The summed E-state index contributed by atoms with van der Waals surface area (Å²) >= 11 is 0. The van der Waals surface area contributed by atoms with Gasteiger partial charge in [-0.2, -0.15) is 5.26 Å². The van der Waals surface area contributed by atoms with Gasteiger partial charge in [0.25, 0.3) is 0 Å². The van der Waals surface area contributed by atoms with Crippen LogP contribution in [-0.4, -0.2) is 10.2 Å². The molecular weight excluding hydrogens is 168 g/mol. The molecular formula is C9H10N2O2. The lowest BCUT2D eigenvalue weighted by Crippen LogP contribution is -2.08. The molecule has 1 atom stereocenters. The standard InChI is InChI=1S/C9H10N2O2/c10-2-1-9(11)6-3-7(12)5-8(13)4-6/h3-5,9,12-13H,1,11H2. The molecule has 0 saturated heterocycles. The molecule has 0 amide bonds. The lowest BCUT2D eigenvalue weighted by Gasteiger charge is -2.08.